The van der Waals surface area contributed by atoms with Crippen molar-refractivity contribution < 1.29 is 9.59 Å². The van der Waals surface area contributed by atoms with Gasteiger partial charge < -0.3 is 0 Å². The zero-order chi connectivity index (χ0) is 16.7. The van der Waals surface area contributed by atoms with Gasteiger partial charge in [-0.2, -0.15) is 5.10 Å². The minimum absolute atomic E-state index is 0.197. The Morgan fingerprint density at radius 1 is 0.875 bits per heavy atom. The fourth-order valence-corrected chi connectivity index (χ4v) is 3.00. The van der Waals surface area contributed by atoms with E-state index in [0.717, 1.165) is 17.1 Å². The van der Waals surface area contributed by atoms with Crippen molar-refractivity contribution in [1.82, 2.24) is 14.7 Å². The minimum atomic E-state index is -0.255. The van der Waals surface area contributed by atoms with Crippen LogP contribution < -0.4 is 0 Å². The number of carbonyl (C=O) groups excluding carboxylic acids is 2. The van der Waals surface area contributed by atoms with E-state index in [1.807, 2.05) is 43.3 Å². The average molecular weight is 317 g/mol. The summed E-state index contributed by atoms with van der Waals surface area (Å²) in [5.41, 5.74) is 3.46. The predicted molar refractivity (Wildman–Crippen MR) is 88.9 cm³/mol. The standard InChI is InChI=1S/C19H15N3O2/c1-13-11-15(22(20-13)14-7-3-2-4-8-14)12-21-18(23)16-9-5-6-10-17(16)19(21)24/h2-11H,12H2,1H3. The number of fused-ring (bicyclic) bond motifs is 1. The molecule has 0 atom stereocenters. The van der Waals surface area contributed by atoms with Gasteiger partial charge in [-0.3, -0.25) is 14.5 Å². The van der Waals surface area contributed by atoms with Gasteiger partial charge in [-0.15, -0.1) is 0 Å². The molecule has 118 valence electrons. The summed E-state index contributed by atoms with van der Waals surface area (Å²) >= 11 is 0. The molecule has 0 aliphatic carbocycles. The molecule has 5 nitrogen and oxygen atoms in total. The van der Waals surface area contributed by atoms with Gasteiger partial charge in [0.1, 0.15) is 0 Å². The molecule has 2 aromatic carbocycles. The first-order chi connectivity index (χ1) is 11.6. The molecular weight excluding hydrogens is 302 g/mol. The zero-order valence-electron chi connectivity index (χ0n) is 13.1. The van der Waals surface area contributed by atoms with E-state index in [1.54, 1.807) is 28.9 Å². The molecule has 0 N–H and O–H groups in total. The van der Waals surface area contributed by atoms with Crippen molar-refractivity contribution in [2.45, 2.75) is 13.5 Å². The fraction of sp³-hybridized carbons (Fsp3) is 0.105. The van der Waals surface area contributed by atoms with E-state index in [2.05, 4.69) is 5.10 Å². The van der Waals surface area contributed by atoms with Crippen molar-refractivity contribution >= 4 is 11.8 Å². The van der Waals surface area contributed by atoms with Crippen molar-refractivity contribution in [2.24, 2.45) is 0 Å². The molecular formula is C19H15N3O2. The molecule has 1 aliphatic rings. The molecule has 2 heterocycles. The number of aromatic nitrogens is 2. The Kier molecular flexibility index (Phi) is 3.27. The van der Waals surface area contributed by atoms with Crippen LogP contribution in [-0.2, 0) is 6.54 Å². The van der Waals surface area contributed by atoms with Crippen LogP contribution in [0, 0.1) is 6.92 Å². The van der Waals surface area contributed by atoms with Crippen LogP contribution in [0.4, 0.5) is 0 Å². The Morgan fingerprint density at radius 2 is 1.46 bits per heavy atom. The third-order valence-electron chi connectivity index (χ3n) is 4.10. The second-order valence-electron chi connectivity index (χ2n) is 5.77. The number of para-hydroxylation sites is 1. The van der Waals surface area contributed by atoms with E-state index >= 15 is 0 Å². The minimum Gasteiger partial charge on any atom is -0.269 e. The van der Waals surface area contributed by atoms with E-state index in [0.29, 0.717) is 11.1 Å². The summed E-state index contributed by atoms with van der Waals surface area (Å²) in [6.45, 7) is 2.09. The van der Waals surface area contributed by atoms with Gasteiger partial charge in [0.05, 0.1) is 34.7 Å². The molecule has 0 saturated heterocycles. The number of aryl methyl sites for hydroxylation is 1. The number of imide groups is 1. The number of hydrogen-bond donors (Lipinski definition) is 0. The second kappa shape index (κ2) is 5.45. The van der Waals surface area contributed by atoms with E-state index in [4.69, 9.17) is 0 Å². The smallest absolute Gasteiger partial charge is 0.261 e. The van der Waals surface area contributed by atoms with Crippen LogP contribution in [-0.4, -0.2) is 26.5 Å². The third kappa shape index (κ3) is 2.22. The lowest BCUT2D eigenvalue weighted by atomic mass is 10.1. The van der Waals surface area contributed by atoms with Gasteiger partial charge in [0.2, 0.25) is 0 Å². The summed E-state index contributed by atoms with van der Waals surface area (Å²) in [5.74, 6) is -0.511. The number of carbonyl (C=O) groups is 2. The molecule has 0 radical (unpaired) electrons. The summed E-state index contributed by atoms with van der Waals surface area (Å²) in [6.07, 6.45) is 0. The molecule has 0 spiro atoms. The lowest BCUT2D eigenvalue weighted by molar-refractivity contribution is 0.0639. The van der Waals surface area contributed by atoms with Crippen LogP contribution >= 0.6 is 0 Å². The van der Waals surface area contributed by atoms with Crippen molar-refractivity contribution in [1.29, 1.82) is 0 Å². The monoisotopic (exact) mass is 317 g/mol. The van der Waals surface area contributed by atoms with Crippen molar-refractivity contribution in [2.75, 3.05) is 0 Å². The Bertz CT molecular complexity index is 909. The molecule has 4 rings (SSSR count). The van der Waals surface area contributed by atoms with E-state index in [1.165, 1.54) is 4.90 Å². The first kappa shape index (κ1) is 14.4. The highest BCUT2D eigenvalue weighted by Crippen LogP contribution is 2.25. The summed E-state index contributed by atoms with van der Waals surface area (Å²) in [7, 11) is 0. The van der Waals surface area contributed by atoms with Crippen LogP contribution in [0.5, 0.6) is 0 Å². The maximum Gasteiger partial charge on any atom is 0.261 e. The zero-order valence-corrected chi connectivity index (χ0v) is 13.1. The lowest BCUT2D eigenvalue weighted by Gasteiger charge is -2.15. The number of nitrogens with zero attached hydrogens (tertiary/aromatic N) is 3. The largest absolute Gasteiger partial charge is 0.269 e. The highest BCUT2D eigenvalue weighted by atomic mass is 16.2. The molecule has 1 aliphatic heterocycles. The molecule has 0 bridgehead atoms. The molecule has 0 saturated carbocycles. The lowest BCUT2D eigenvalue weighted by Crippen LogP contribution is -2.30. The number of hydrogen-bond acceptors (Lipinski definition) is 3. The Morgan fingerprint density at radius 3 is 2.08 bits per heavy atom. The van der Waals surface area contributed by atoms with Gasteiger partial charge >= 0.3 is 0 Å². The summed E-state index contributed by atoms with van der Waals surface area (Å²) in [5, 5.41) is 4.49. The molecule has 3 aromatic rings. The first-order valence-corrected chi connectivity index (χ1v) is 7.71. The topological polar surface area (TPSA) is 55.2 Å². The maximum atomic E-state index is 12.5. The molecule has 2 amide bonds. The number of rotatable bonds is 3. The Hall–Kier alpha value is -3.21. The van der Waals surface area contributed by atoms with Gasteiger partial charge in [0.25, 0.3) is 11.8 Å². The van der Waals surface area contributed by atoms with Crippen molar-refractivity contribution in [3.05, 3.63) is 83.2 Å². The molecule has 0 fully saturated rings. The summed E-state index contributed by atoms with van der Waals surface area (Å²) in [6, 6.07) is 18.5. The van der Waals surface area contributed by atoms with Crippen LogP contribution in [0.3, 0.4) is 0 Å². The van der Waals surface area contributed by atoms with Crippen LogP contribution in [0.15, 0.2) is 60.7 Å². The first-order valence-electron chi connectivity index (χ1n) is 7.71. The maximum absolute atomic E-state index is 12.5. The molecule has 0 unspecified atom stereocenters. The predicted octanol–water partition coefficient (Wildman–Crippen LogP) is 2.98. The molecule has 1 aromatic heterocycles. The molecule has 24 heavy (non-hydrogen) atoms. The van der Waals surface area contributed by atoms with E-state index in [9.17, 15) is 9.59 Å². The van der Waals surface area contributed by atoms with E-state index < -0.39 is 0 Å². The number of benzene rings is 2. The highest BCUT2D eigenvalue weighted by Gasteiger charge is 2.35. The van der Waals surface area contributed by atoms with Gasteiger partial charge in [-0.25, -0.2) is 4.68 Å². The van der Waals surface area contributed by atoms with Gasteiger partial charge in [0.15, 0.2) is 0 Å². The van der Waals surface area contributed by atoms with Crippen LogP contribution in [0.2, 0.25) is 0 Å². The summed E-state index contributed by atoms with van der Waals surface area (Å²) in [4.78, 5) is 26.4. The Balaban J connectivity index is 1.71. The van der Waals surface area contributed by atoms with Crippen molar-refractivity contribution in [3.63, 3.8) is 0 Å². The molecule has 5 heteroatoms. The SMILES string of the molecule is Cc1cc(CN2C(=O)c3ccccc3C2=O)n(-c2ccccc2)n1. The second-order valence-corrected chi connectivity index (χ2v) is 5.77. The van der Waals surface area contributed by atoms with E-state index in [-0.39, 0.29) is 18.4 Å². The van der Waals surface area contributed by atoms with Crippen LogP contribution in [0.25, 0.3) is 5.69 Å². The number of amides is 2. The average Bonchev–Trinajstić information content (AvgIpc) is 3.09. The summed E-state index contributed by atoms with van der Waals surface area (Å²) < 4.78 is 1.78. The highest BCUT2D eigenvalue weighted by molar-refractivity contribution is 6.21. The quantitative estimate of drug-likeness (QED) is 0.698. The van der Waals surface area contributed by atoms with Crippen molar-refractivity contribution in [3.8, 4) is 5.69 Å². The normalized spacial score (nSPS) is 13.5. The van der Waals surface area contributed by atoms with Gasteiger partial charge in [-0.05, 0) is 37.3 Å². The Labute approximate surface area is 139 Å². The van der Waals surface area contributed by atoms with Gasteiger partial charge in [0, 0.05) is 0 Å². The fourth-order valence-electron chi connectivity index (χ4n) is 3.00. The van der Waals surface area contributed by atoms with Gasteiger partial charge in [-0.1, -0.05) is 30.3 Å². The third-order valence-corrected chi connectivity index (χ3v) is 4.10. The van der Waals surface area contributed by atoms with Crippen LogP contribution in [0.1, 0.15) is 32.1 Å².